The van der Waals surface area contributed by atoms with E-state index in [0.717, 1.165) is 14.5 Å². The molecule has 7 nitrogen and oxygen atoms in total. The van der Waals surface area contributed by atoms with E-state index >= 15 is 0 Å². The highest BCUT2D eigenvalue weighted by atomic mass is 32.2. The van der Waals surface area contributed by atoms with E-state index in [4.69, 9.17) is 4.42 Å². The van der Waals surface area contributed by atoms with Gasteiger partial charge in [0.15, 0.2) is 16.5 Å². The molecule has 0 bridgehead atoms. The molecule has 0 aliphatic carbocycles. The summed E-state index contributed by atoms with van der Waals surface area (Å²) in [6.07, 6.45) is 0. The van der Waals surface area contributed by atoms with Crippen molar-refractivity contribution in [3.8, 4) is 10.8 Å². The Balaban J connectivity index is 1.58. The average Bonchev–Trinajstić information content (AvgIpc) is 3.36. The number of carbonyl (C=O) groups is 1. The maximum atomic E-state index is 12.6. The number of para-hydroxylation sites is 1. The number of fused-ring (bicyclic) bond motifs is 1. The van der Waals surface area contributed by atoms with Crippen LogP contribution in [0, 0.1) is 6.92 Å². The van der Waals surface area contributed by atoms with Crippen molar-refractivity contribution in [2.24, 2.45) is 0 Å². The molecule has 9 heteroatoms. The summed E-state index contributed by atoms with van der Waals surface area (Å²) in [5, 5.41) is 3.38. The van der Waals surface area contributed by atoms with Gasteiger partial charge in [-0.05, 0) is 48.9 Å². The van der Waals surface area contributed by atoms with Gasteiger partial charge in [0, 0.05) is 19.8 Å². The molecule has 4 aromatic rings. The number of aryl methyl sites for hydroxylation is 1. The minimum Gasteiger partial charge on any atom is -0.448 e. The van der Waals surface area contributed by atoms with Crippen molar-refractivity contribution >= 4 is 43.2 Å². The second-order valence-electron chi connectivity index (χ2n) is 6.87. The first-order chi connectivity index (χ1) is 14.3. The molecule has 30 heavy (non-hydrogen) atoms. The third kappa shape index (κ3) is 3.74. The van der Waals surface area contributed by atoms with Crippen molar-refractivity contribution in [1.29, 1.82) is 0 Å². The van der Waals surface area contributed by atoms with Crippen molar-refractivity contribution in [2.45, 2.75) is 11.8 Å². The maximum Gasteiger partial charge on any atom is 0.291 e. The van der Waals surface area contributed by atoms with Crippen LogP contribution in [0.3, 0.4) is 0 Å². The normalized spacial score (nSPS) is 11.9. The first-order valence-corrected chi connectivity index (χ1v) is 11.3. The Morgan fingerprint density at radius 2 is 1.87 bits per heavy atom. The Morgan fingerprint density at radius 3 is 2.60 bits per heavy atom. The van der Waals surface area contributed by atoms with E-state index in [1.807, 2.05) is 24.3 Å². The fourth-order valence-corrected chi connectivity index (χ4v) is 4.97. The minimum absolute atomic E-state index is 0.113. The van der Waals surface area contributed by atoms with Crippen LogP contribution in [-0.4, -0.2) is 37.7 Å². The van der Waals surface area contributed by atoms with Gasteiger partial charge in [-0.3, -0.25) is 4.79 Å². The lowest BCUT2D eigenvalue weighted by Crippen LogP contribution is -2.23. The molecule has 0 spiro atoms. The molecule has 0 aliphatic heterocycles. The van der Waals surface area contributed by atoms with Gasteiger partial charge < -0.3 is 9.73 Å². The fraction of sp³-hybridized carbons (Fsp3) is 0.143. The summed E-state index contributed by atoms with van der Waals surface area (Å²) in [6.45, 7) is 1.71. The molecule has 4 rings (SSSR count). The van der Waals surface area contributed by atoms with Gasteiger partial charge in [0.2, 0.25) is 10.0 Å². The average molecular weight is 442 g/mol. The van der Waals surface area contributed by atoms with Gasteiger partial charge in [0.1, 0.15) is 0 Å². The standard InChI is InChI=1S/C21H19N3O4S2/c1-13-8-9-14(12-19(13)30(26,27)24(2)3)22-20(25)16-10-11-17(28-16)21-23-15-6-4-5-7-18(15)29-21/h4-12H,1-3H3,(H,22,25). The van der Waals surface area contributed by atoms with Crippen LogP contribution >= 0.6 is 11.3 Å². The van der Waals surface area contributed by atoms with Crippen LogP contribution < -0.4 is 5.32 Å². The molecule has 1 N–H and O–H groups in total. The highest BCUT2D eigenvalue weighted by Crippen LogP contribution is 2.31. The number of aromatic nitrogens is 1. The Kier molecular flexibility index (Phi) is 5.19. The molecule has 2 aromatic carbocycles. The highest BCUT2D eigenvalue weighted by molar-refractivity contribution is 7.89. The molecule has 0 saturated carbocycles. The van der Waals surface area contributed by atoms with Crippen LogP contribution in [0.25, 0.3) is 21.0 Å². The van der Waals surface area contributed by atoms with Crippen LogP contribution in [0.4, 0.5) is 5.69 Å². The summed E-state index contributed by atoms with van der Waals surface area (Å²) in [5.41, 5.74) is 1.83. The predicted octanol–water partition coefficient (Wildman–Crippen LogP) is 4.37. The van der Waals surface area contributed by atoms with E-state index in [0.29, 0.717) is 22.0 Å². The number of anilines is 1. The summed E-state index contributed by atoms with van der Waals surface area (Å²) in [7, 11) is -0.694. The number of thiazole rings is 1. The molecule has 0 fully saturated rings. The van der Waals surface area contributed by atoms with Crippen molar-refractivity contribution in [2.75, 3.05) is 19.4 Å². The Hall–Kier alpha value is -3.01. The zero-order valence-electron chi connectivity index (χ0n) is 16.5. The van der Waals surface area contributed by atoms with Gasteiger partial charge in [-0.25, -0.2) is 17.7 Å². The second-order valence-corrected chi connectivity index (χ2v) is 10.0. The van der Waals surface area contributed by atoms with Gasteiger partial charge in [-0.2, -0.15) is 0 Å². The summed E-state index contributed by atoms with van der Waals surface area (Å²) in [4.78, 5) is 17.3. The number of hydrogen-bond donors (Lipinski definition) is 1. The molecule has 0 saturated heterocycles. The number of amides is 1. The SMILES string of the molecule is Cc1ccc(NC(=O)c2ccc(-c3nc4ccccc4s3)o2)cc1S(=O)(=O)N(C)C. The second kappa shape index (κ2) is 7.67. The van der Waals surface area contributed by atoms with E-state index in [9.17, 15) is 13.2 Å². The van der Waals surface area contributed by atoms with Gasteiger partial charge in [0.25, 0.3) is 5.91 Å². The summed E-state index contributed by atoms with van der Waals surface area (Å²) >= 11 is 1.48. The highest BCUT2D eigenvalue weighted by Gasteiger charge is 2.21. The smallest absolute Gasteiger partial charge is 0.291 e. The van der Waals surface area contributed by atoms with E-state index in [1.54, 1.807) is 31.2 Å². The molecule has 0 radical (unpaired) electrons. The maximum absolute atomic E-state index is 12.6. The van der Waals surface area contributed by atoms with Gasteiger partial charge in [-0.15, -0.1) is 11.3 Å². The van der Waals surface area contributed by atoms with Crippen molar-refractivity contribution in [3.05, 3.63) is 65.9 Å². The number of sulfonamides is 1. The number of nitrogens with zero attached hydrogens (tertiary/aromatic N) is 2. The van der Waals surface area contributed by atoms with Gasteiger partial charge in [0.05, 0.1) is 15.1 Å². The summed E-state index contributed by atoms with van der Waals surface area (Å²) < 4.78 is 32.8. The van der Waals surface area contributed by atoms with Crippen molar-refractivity contribution in [1.82, 2.24) is 9.29 Å². The Morgan fingerprint density at radius 1 is 1.10 bits per heavy atom. The van der Waals surface area contributed by atoms with E-state index in [-0.39, 0.29) is 10.7 Å². The fourth-order valence-electron chi connectivity index (χ4n) is 2.90. The number of nitrogens with one attached hydrogen (secondary N) is 1. The lowest BCUT2D eigenvalue weighted by molar-refractivity contribution is 0.0997. The first-order valence-electron chi connectivity index (χ1n) is 9.06. The molecule has 2 heterocycles. The third-order valence-corrected chi connectivity index (χ3v) is 7.55. The molecule has 154 valence electrons. The summed E-state index contributed by atoms with van der Waals surface area (Å²) in [5.74, 6) is 0.141. The number of furan rings is 1. The molecule has 2 aromatic heterocycles. The van der Waals surface area contributed by atoms with E-state index < -0.39 is 15.9 Å². The first kappa shape index (κ1) is 20.3. The van der Waals surface area contributed by atoms with Gasteiger partial charge >= 0.3 is 0 Å². The molecule has 0 aliphatic rings. The Labute approximate surface area is 178 Å². The van der Waals surface area contributed by atoms with Crippen LogP contribution in [0.5, 0.6) is 0 Å². The Bertz CT molecular complexity index is 1320. The predicted molar refractivity (Wildman–Crippen MR) is 117 cm³/mol. The van der Waals surface area contributed by atoms with Crippen LogP contribution in [-0.2, 0) is 10.0 Å². The number of rotatable bonds is 5. The quantitative estimate of drug-likeness (QED) is 0.497. The molecular formula is C21H19N3O4S2. The third-order valence-electron chi connectivity index (χ3n) is 4.54. The lowest BCUT2D eigenvalue weighted by Gasteiger charge is -2.15. The van der Waals surface area contributed by atoms with Crippen LogP contribution in [0.15, 0.2) is 63.9 Å². The topological polar surface area (TPSA) is 92.5 Å². The molecule has 1 amide bonds. The monoisotopic (exact) mass is 441 g/mol. The number of benzene rings is 2. The molecule has 0 atom stereocenters. The minimum atomic E-state index is -3.62. The summed E-state index contributed by atoms with van der Waals surface area (Å²) in [6, 6.07) is 15.8. The zero-order valence-corrected chi connectivity index (χ0v) is 18.2. The molecule has 0 unspecified atom stereocenters. The van der Waals surface area contributed by atoms with E-state index in [1.165, 1.54) is 31.5 Å². The zero-order chi connectivity index (χ0) is 21.5. The number of hydrogen-bond acceptors (Lipinski definition) is 6. The van der Waals surface area contributed by atoms with Crippen molar-refractivity contribution in [3.63, 3.8) is 0 Å². The van der Waals surface area contributed by atoms with Gasteiger partial charge in [-0.1, -0.05) is 18.2 Å². The number of carbonyl (C=O) groups excluding carboxylic acids is 1. The largest absolute Gasteiger partial charge is 0.448 e. The van der Waals surface area contributed by atoms with Crippen LogP contribution in [0.1, 0.15) is 16.1 Å². The lowest BCUT2D eigenvalue weighted by atomic mass is 10.2. The van der Waals surface area contributed by atoms with Crippen molar-refractivity contribution < 1.29 is 17.6 Å². The van der Waals surface area contributed by atoms with E-state index in [2.05, 4.69) is 10.3 Å². The van der Waals surface area contributed by atoms with Crippen LogP contribution in [0.2, 0.25) is 0 Å². The molecular weight excluding hydrogens is 422 g/mol.